The van der Waals surface area contributed by atoms with Gasteiger partial charge in [-0.1, -0.05) is 35.9 Å². The molecule has 0 fully saturated rings. The molecule has 0 spiro atoms. The second kappa shape index (κ2) is 7.98. The molecule has 0 aliphatic rings. The van der Waals surface area contributed by atoms with Crippen molar-refractivity contribution in [2.24, 2.45) is 0 Å². The van der Waals surface area contributed by atoms with Crippen molar-refractivity contribution in [1.29, 1.82) is 0 Å². The number of carboxylic acids is 2. The molecule has 3 aromatic rings. The Hall–Kier alpha value is -3.32. The number of carboxylic acid groups (broad SMARTS) is 2. The zero-order valence-corrected chi connectivity index (χ0v) is 13.5. The number of ether oxygens (including phenoxy) is 1. The number of nitrogen functional groups attached to an aromatic ring is 1. The summed E-state index contributed by atoms with van der Waals surface area (Å²) in [6.45, 7) is 0. The molecule has 3 rings (SSSR count). The SMILES string of the molecule is Nc1ccncc1Oc1ccc(Cl)c2ccccc12.O=C(O)C(=O)O. The summed E-state index contributed by atoms with van der Waals surface area (Å²) >= 11 is 6.17. The molecule has 0 atom stereocenters. The van der Waals surface area contributed by atoms with Gasteiger partial charge in [0.05, 0.1) is 11.9 Å². The van der Waals surface area contributed by atoms with Crippen LogP contribution in [0.1, 0.15) is 0 Å². The molecule has 0 radical (unpaired) electrons. The smallest absolute Gasteiger partial charge is 0.414 e. The van der Waals surface area contributed by atoms with E-state index < -0.39 is 11.9 Å². The Labute approximate surface area is 147 Å². The minimum absolute atomic E-state index is 0.537. The molecule has 25 heavy (non-hydrogen) atoms. The van der Waals surface area contributed by atoms with E-state index in [1.165, 1.54) is 0 Å². The van der Waals surface area contributed by atoms with Crippen molar-refractivity contribution in [2.45, 2.75) is 0 Å². The molecule has 1 heterocycles. The maximum Gasteiger partial charge on any atom is 0.414 e. The second-order valence-electron chi connectivity index (χ2n) is 4.72. The van der Waals surface area contributed by atoms with Crippen LogP contribution in [0.25, 0.3) is 10.8 Å². The summed E-state index contributed by atoms with van der Waals surface area (Å²) in [6, 6.07) is 13.1. The third-order valence-electron chi connectivity index (χ3n) is 3.05. The highest BCUT2D eigenvalue weighted by atomic mass is 35.5. The molecule has 8 heteroatoms. The number of hydrogen-bond donors (Lipinski definition) is 3. The third-order valence-corrected chi connectivity index (χ3v) is 3.38. The molecule has 0 aliphatic carbocycles. The number of nitrogens with two attached hydrogens (primary N) is 1. The van der Waals surface area contributed by atoms with E-state index in [4.69, 9.17) is 41.9 Å². The van der Waals surface area contributed by atoms with Crippen LogP contribution in [0.4, 0.5) is 5.69 Å². The van der Waals surface area contributed by atoms with Crippen LogP contribution in [0.15, 0.2) is 54.9 Å². The van der Waals surface area contributed by atoms with Gasteiger partial charge in [-0.05, 0) is 18.2 Å². The quantitative estimate of drug-likeness (QED) is 0.598. The lowest BCUT2D eigenvalue weighted by molar-refractivity contribution is -0.159. The zero-order chi connectivity index (χ0) is 18.4. The van der Waals surface area contributed by atoms with Gasteiger partial charge in [0.1, 0.15) is 5.75 Å². The van der Waals surface area contributed by atoms with Crippen LogP contribution >= 0.6 is 11.6 Å². The summed E-state index contributed by atoms with van der Waals surface area (Å²) < 4.78 is 5.83. The molecule has 0 bridgehead atoms. The largest absolute Gasteiger partial charge is 0.473 e. The van der Waals surface area contributed by atoms with E-state index >= 15 is 0 Å². The first-order chi connectivity index (χ1) is 11.9. The highest BCUT2D eigenvalue weighted by Gasteiger charge is 2.08. The lowest BCUT2D eigenvalue weighted by atomic mass is 10.1. The van der Waals surface area contributed by atoms with Gasteiger partial charge in [0.2, 0.25) is 0 Å². The van der Waals surface area contributed by atoms with Crippen LogP contribution < -0.4 is 10.5 Å². The number of hydrogen-bond acceptors (Lipinski definition) is 5. The van der Waals surface area contributed by atoms with Gasteiger partial charge in [-0.25, -0.2) is 9.59 Å². The van der Waals surface area contributed by atoms with Crippen molar-refractivity contribution in [3.8, 4) is 11.5 Å². The van der Waals surface area contributed by atoms with E-state index in [9.17, 15) is 0 Å². The lowest BCUT2D eigenvalue weighted by Gasteiger charge is -2.11. The predicted octanol–water partition coefficient (Wildman–Crippen LogP) is 3.42. The Morgan fingerprint density at radius 3 is 2.20 bits per heavy atom. The van der Waals surface area contributed by atoms with Gasteiger partial charge in [-0.2, -0.15) is 0 Å². The number of nitrogens with zero attached hydrogens (tertiary/aromatic N) is 1. The molecular weight excluding hydrogens is 348 g/mol. The molecule has 128 valence electrons. The summed E-state index contributed by atoms with van der Waals surface area (Å²) in [5, 5.41) is 17.4. The van der Waals surface area contributed by atoms with Crippen LogP contribution in [0.2, 0.25) is 5.02 Å². The van der Waals surface area contributed by atoms with E-state index in [1.807, 2.05) is 36.4 Å². The number of halogens is 1. The standard InChI is InChI=1S/C15H11ClN2O.C2H2O4/c16-12-5-6-14(11-4-2-1-3-10(11)12)19-15-9-18-8-7-13(15)17;3-1(4)2(5)6/h1-9H,(H2,17,18);(H,3,4)(H,5,6). The van der Waals surface area contributed by atoms with E-state index in [2.05, 4.69) is 4.98 Å². The van der Waals surface area contributed by atoms with Gasteiger partial charge in [0.15, 0.2) is 5.75 Å². The molecule has 0 saturated heterocycles. The van der Waals surface area contributed by atoms with Crippen molar-refractivity contribution in [3.05, 3.63) is 59.9 Å². The summed E-state index contributed by atoms with van der Waals surface area (Å²) in [5.74, 6) is -2.40. The molecule has 2 aromatic carbocycles. The van der Waals surface area contributed by atoms with Crippen LogP contribution in [-0.2, 0) is 9.59 Å². The molecule has 1 aromatic heterocycles. The number of benzene rings is 2. The summed E-state index contributed by atoms with van der Waals surface area (Å²) in [5.41, 5.74) is 6.40. The first kappa shape index (κ1) is 18.0. The topological polar surface area (TPSA) is 123 Å². The number of pyridine rings is 1. The maximum absolute atomic E-state index is 9.10. The van der Waals surface area contributed by atoms with Crippen LogP contribution in [0.5, 0.6) is 11.5 Å². The molecule has 0 unspecified atom stereocenters. The Balaban J connectivity index is 0.000000326. The molecule has 4 N–H and O–H groups in total. The second-order valence-corrected chi connectivity index (χ2v) is 5.12. The van der Waals surface area contributed by atoms with E-state index in [0.717, 1.165) is 10.8 Å². The van der Waals surface area contributed by atoms with Gasteiger partial charge < -0.3 is 20.7 Å². The first-order valence-electron chi connectivity index (χ1n) is 6.91. The Bertz CT molecular complexity index is 918. The van der Waals surface area contributed by atoms with E-state index in [1.54, 1.807) is 18.5 Å². The fraction of sp³-hybridized carbons (Fsp3) is 0. The van der Waals surface area contributed by atoms with E-state index in [0.29, 0.717) is 22.2 Å². The first-order valence-corrected chi connectivity index (χ1v) is 7.28. The van der Waals surface area contributed by atoms with Crippen molar-refractivity contribution in [3.63, 3.8) is 0 Å². The monoisotopic (exact) mass is 360 g/mol. The van der Waals surface area contributed by atoms with Gasteiger partial charge in [0.25, 0.3) is 0 Å². The van der Waals surface area contributed by atoms with Gasteiger partial charge in [-0.3, -0.25) is 4.98 Å². The number of aromatic nitrogens is 1. The molecular formula is C17H13ClN2O5. The van der Waals surface area contributed by atoms with Crippen molar-refractivity contribution in [2.75, 3.05) is 5.73 Å². The Morgan fingerprint density at radius 2 is 1.60 bits per heavy atom. The average Bonchev–Trinajstić information content (AvgIpc) is 2.60. The maximum atomic E-state index is 9.10. The summed E-state index contributed by atoms with van der Waals surface area (Å²) in [6.07, 6.45) is 3.22. The van der Waals surface area contributed by atoms with E-state index in [-0.39, 0.29) is 0 Å². The van der Waals surface area contributed by atoms with Crippen molar-refractivity contribution < 1.29 is 24.5 Å². The predicted molar refractivity (Wildman–Crippen MR) is 93.0 cm³/mol. The Morgan fingerprint density at radius 1 is 0.960 bits per heavy atom. The Kier molecular flexibility index (Phi) is 5.75. The van der Waals surface area contributed by atoms with Crippen LogP contribution in [0, 0.1) is 0 Å². The molecule has 7 nitrogen and oxygen atoms in total. The number of aliphatic carboxylic acids is 2. The number of carbonyl (C=O) groups is 2. The fourth-order valence-corrected chi connectivity index (χ4v) is 2.15. The minimum Gasteiger partial charge on any atom is -0.473 e. The molecule has 0 aliphatic heterocycles. The molecule has 0 amide bonds. The number of rotatable bonds is 2. The van der Waals surface area contributed by atoms with Crippen molar-refractivity contribution in [1.82, 2.24) is 4.98 Å². The lowest BCUT2D eigenvalue weighted by Crippen LogP contribution is -2.09. The number of anilines is 1. The fourth-order valence-electron chi connectivity index (χ4n) is 1.92. The van der Waals surface area contributed by atoms with Crippen molar-refractivity contribution >= 4 is 40.0 Å². The third kappa shape index (κ3) is 4.58. The van der Waals surface area contributed by atoms with Crippen LogP contribution in [-0.4, -0.2) is 27.1 Å². The zero-order valence-electron chi connectivity index (χ0n) is 12.7. The van der Waals surface area contributed by atoms with Gasteiger partial charge >= 0.3 is 11.9 Å². The average molecular weight is 361 g/mol. The highest BCUT2D eigenvalue weighted by Crippen LogP contribution is 2.35. The highest BCUT2D eigenvalue weighted by molar-refractivity contribution is 6.35. The van der Waals surface area contributed by atoms with Gasteiger partial charge in [-0.15, -0.1) is 0 Å². The van der Waals surface area contributed by atoms with Crippen LogP contribution in [0.3, 0.4) is 0 Å². The minimum atomic E-state index is -1.82. The molecule has 0 saturated carbocycles. The normalized spacial score (nSPS) is 9.80. The summed E-state index contributed by atoms with van der Waals surface area (Å²) in [7, 11) is 0. The van der Waals surface area contributed by atoms with Gasteiger partial charge in [0, 0.05) is 22.0 Å². The summed E-state index contributed by atoms with van der Waals surface area (Å²) in [4.78, 5) is 22.2. The number of fused-ring (bicyclic) bond motifs is 1.